The molecule has 1 aliphatic heterocycles. The Morgan fingerprint density at radius 1 is 0.949 bits per heavy atom. The van der Waals surface area contributed by atoms with E-state index in [4.69, 9.17) is 0 Å². The second-order valence-corrected chi connectivity index (χ2v) is 10.3. The second-order valence-electron chi connectivity index (χ2n) is 10.3. The highest BCUT2D eigenvalue weighted by molar-refractivity contribution is 6.38. The van der Waals surface area contributed by atoms with Crippen molar-refractivity contribution in [2.75, 3.05) is 6.54 Å². The first kappa shape index (κ1) is 29.8. The number of ketones is 1. The summed E-state index contributed by atoms with van der Waals surface area (Å²) in [5.74, 6) is -3.77. The van der Waals surface area contributed by atoms with Crippen molar-refractivity contribution < 1.29 is 28.8 Å². The van der Waals surface area contributed by atoms with Crippen LogP contribution in [-0.4, -0.2) is 66.0 Å². The molecule has 5 N–H and O–H groups in total. The number of Topliss-reactive ketones (excluding diaryl/α,β-unsaturated/α-hetero) is 1. The van der Waals surface area contributed by atoms with Crippen LogP contribution in [0.5, 0.6) is 0 Å². The molecule has 1 saturated carbocycles. The highest BCUT2D eigenvalue weighted by Crippen LogP contribution is 2.20. The molecule has 11 nitrogen and oxygen atoms in total. The van der Waals surface area contributed by atoms with Crippen molar-refractivity contribution in [3.8, 4) is 0 Å². The fourth-order valence-electron chi connectivity index (χ4n) is 4.44. The zero-order chi connectivity index (χ0) is 28.4. The van der Waals surface area contributed by atoms with E-state index in [1.807, 2.05) is 37.3 Å². The van der Waals surface area contributed by atoms with Crippen LogP contribution in [0.2, 0.25) is 0 Å². The van der Waals surface area contributed by atoms with Crippen LogP contribution in [0, 0.1) is 5.92 Å². The van der Waals surface area contributed by atoms with Crippen LogP contribution in [-0.2, 0) is 35.2 Å². The fourth-order valence-corrected chi connectivity index (χ4v) is 4.44. The SMILES string of the molecule is CCC[C@H](NC(=O)[C@@H](C)NC(=O)CCc1ccccc1)C(=O)N[C@@H](C[C@@H]1CCNC1=O)C(=O)C(=O)NC1CC1. The third-order valence-corrected chi connectivity index (χ3v) is 6.92. The summed E-state index contributed by atoms with van der Waals surface area (Å²) >= 11 is 0. The molecule has 1 aromatic carbocycles. The smallest absolute Gasteiger partial charge is 0.289 e. The molecule has 39 heavy (non-hydrogen) atoms. The highest BCUT2D eigenvalue weighted by Gasteiger charge is 2.37. The Labute approximate surface area is 228 Å². The van der Waals surface area contributed by atoms with Gasteiger partial charge in [-0.05, 0) is 51.0 Å². The normalized spacial score (nSPS) is 18.7. The van der Waals surface area contributed by atoms with Gasteiger partial charge in [0, 0.05) is 24.9 Å². The first-order valence-corrected chi connectivity index (χ1v) is 13.7. The van der Waals surface area contributed by atoms with E-state index in [0.717, 1.165) is 18.4 Å². The molecule has 3 rings (SSSR count). The summed E-state index contributed by atoms with van der Waals surface area (Å²) in [5.41, 5.74) is 1.01. The van der Waals surface area contributed by atoms with E-state index >= 15 is 0 Å². The number of hydrogen-bond acceptors (Lipinski definition) is 6. The summed E-state index contributed by atoms with van der Waals surface area (Å²) in [6, 6.07) is 6.42. The number of benzene rings is 1. The monoisotopic (exact) mass is 541 g/mol. The van der Waals surface area contributed by atoms with Crippen LogP contribution in [0.25, 0.3) is 0 Å². The van der Waals surface area contributed by atoms with Gasteiger partial charge in [0.25, 0.3) is 5.91 Å². The van der Waals surface area contributed by atoms with Crippen molar-refractivity contribution in [2.45, 2.75) is 89.4 Å². The van der Waals surface area contributed by atoms with Crippen LogP contribution in [0.3, 0.4) is 0 Å². The largest absolute Gasteiger partial charge is 0.356 e. The molecular formula is C28H39N5O6. The molecular weight excluding hydrogens is 502 g/mol. The van der Waals surface area contributed by atoms with Gasteiger partial charge in [0.1, 0.15) is 12.1 Å². The van der Waals surface area contributed by atoms with E-state index in [1.54, 1.807) is 0 Å². The first-order valence-electron chi connectivity index (χ1n) is 13.7. The van der Waals surface area contributed by atoms with Crippen molar-refractivity contribution in [2.24, 2.45) is 5.92 Å². The molecule has 1 saturated heterocycles. The van der Waals surface area contributed by atoms with Gasteiger partial charge in [-0.25, -0.2) is 0 Å². The number of aryl methyl sites for hydroxylation is 1. The maximum atomic E-state index is 13.2. The van der Waals surface area contributed by atoms with Gasteiger partial charge in [0.05, 0.1) is 6.04 Å². The number of rotatable bonds is 15. The quantitative estimate of drug-likeness (QED) is 0.200. The minimum Gasteiger partial charge on any atom is -0.356 e. The molecule has 1 aromatic rings. The molecule has 0 bridgehead atoms. The Morgan fingerprint density at radius 3 is 2.26 bits per heavy atom. The molecule has 2 fully saturated rings. The van der Waals surface area contributed by atoms with E-state index in [0.29, 0.717) is 25.8 Å². The van der Waals surface area contributed by atoms with Gasteiger partial charge in [-0.3, -0.25) is 28.8 Å². The van der Waals surface area contributed by atoms with Crippen molar-refractivity contribution >= 4 is 35.3 Å². The number of carbonyl (C=O) groups is 6. The van der Waals surface area contributed by atoms with Crippen molar-refractivity contribution in [3.05, 3.63) is 35.9 Å². The molecule has 5 amide bonds. The Kier molecular flexibility index (Phi) is 11.0. The maximum Gasteiger partial charge on any atom is 0.289 e. The van der Waals surface area contributed by atoms with Crippen LogP contribution in [0.15, 0.2) is 30.3 Å². The van der Waals surface area contributed by atoms with Crippen LogP contribution < -0.4 is 26.6 Å². The van der Waals surface area contributed by atoms with Gasteiger partial charge in [-0.15, -0.1) is 0 Å². The molecule has 0 radical (unpaired) electrons. The van der Waals surface area contributed by atoms with Crippen LogP contribution in [0.1, 0.15) is 64.4 Å². The van der Waals surface area contributed by atoms with Crippen molar-refractivity contribution in [1.82, 2.24) is 26.6 Å². The standard InChI is InChI=1S/C28H39N5O6/c1-3-7-21(32-25(36)17(2)30-23(34)13-10-18-8-5-4-6-9-18)27(38)33-22(16-19-14-15-29-26(19)37)24(35)28(39)31-20-11-12-20/h4-6,8-9,17,19-22H,3,7,10-16H2,1-2H3,(H,29,37)(H,30,34)(H,31,39)(H,32,36)(H,33,38)/t17-,19+,21+,22+/m1/s1. The minimum absolute atomic E-state index is 0.00480. The molecule has 0 unspecified atom stereocenters. The average molecular weight is 542 g/mol. The molecule has 2 aliphatic rings. The third kappa shape index (κ3) is 9.49. The lowest BCUT2D eigenvalue weighted by molar-refractivity contribution is -0.141. The number of carbonyl (C=O) groups excluding carboxylic acids is 6. The minimum atomic E-state index is -1.20. The lowest BCUT2D eigenvalue weighted by Crippen LogP contribution is -2.56. The lowest BCUT2D eigenvalue weighted by atomic mass is 9.95. The zero-order valence-corrected chi connectivity index (χ0v) is 22.6. The Morgan fingerprint density at radius 2 is 1.64 bits per heavy atom. The molecule has 4 atom stereocenters. The first-order chi connectivity index (χ1) is 18.7. The van der Waals surface area contributed by atoms with Gasteiger partial charge in [0.2, 0.25) is 29.4 Å². The number of nitrogens with one attached hydrogen (secondary N) is 5. The van der Waals surface area contributed by atoms with E-state index < -0.39 is 47.5 Å². The van der Waals surface area contributed by atoms with Crippen LogP contribution in [0.4, 0.5) is 0 Å². The molecule has 11 heteroatoms. The Hall–Kier alpha value is -3.76. The molecule has 1 heterocycles. The molecule has 0 aromatic heterocycles. The van der Waals surface area contributed by atoms with E-state index in [2.05, 4.69) is 26.6 Å². The Balaban J connectivity index is 1.58. The molecule has 0 spiro atoms. The predicted molar refractivity (Wildman–Crippen MR) is 143 cm³/mol. The molecule has 1 aliphatic carbocycles. The zero-order valence-electron chi connectivity index (χ0n) is 22.6. The van der Waals surface area contributed by atoms with Gasteiger partial charge in [0.15, 0.2) is 0 Å². The van der Waals surface area contributed by atoms with E-state index in [1.165, 1.54) is 6.92 Å². The van der Waals surface area contributed by atoms with E-state index in [-0.39, 0.29) is 37.1 Å². The summed E-state index contributed by atoms with van der Waals surface area (Å²) in [6.45, 7) is 3.84. The fraction of sp³-hybridized carbons (Fsp3) is 0.571. The second kappa shape index (κ2) is 14.4. The van der Waals surface area contributed by atoms with Crippen LogP contribution >= 0.6 is 0 Å². The number of hydrogen-bond donors (Lipinski definition) is 5. The van der Waals surface area contributed by atoms with Crippen molar-refractivity contribution in [3.63, 3.8) is 0 Å². The highest BCUT2D eigenvalue weighted by atomic mass is 16.2. The van der Waals surface area contributed by atoms with Crippen molar-refractivity contribution in [1.29, 1.82) is 0 Å². The summed E-state index contributed by atoms with van der Waals surface area (Å²) in [7, 11) is 0. The van der Waals surface area contributed by atoms with Gasteiger partial charge >= 0.3 is 0 Å². The predicted octanol–water partition coefficient (Wildman–Crippen LogP) is 0.268. The van der Waals surface area contributed by atoms with Gasteiger partial charge in [-0.2, -0.15) is 0 Å². The molecule has 212 valence electrons. The van der Waals surface area contributed by atoms with Gasteiger partial charge < -0.3 is 26.6 Å². The lowest BCUT2D eigenvalue weighted by Gasteiger charge is -2.25. The van der Waals surface area contributed by atoms with E-state index in [9.17, 15) is 28.8 Å². The Bertz CT molecular complexity index is 1060. The maximum absolute atomic E-state index is 13.2. The summed E-state index contributed by atoms with van der Waals surface area (Å²) in [4.78, 5) is 75.9. The third-order valence-electron chi connectivity index (χ3n) is 6.92. The summed E-state index contributed by atoms with van der Waals surface area (Å²) < 4.78 is 0. The number of amides is 5. The summed E-state index contributed by atoms with van der Waals surface area (Å²) in [6.07, 6.45) is 3.67. The van der Waals surface area contributed by atoms with Gasteiger partial charge in [-0.1, -0.05) is 43.7 Å². The summed E-state index contributed by atoms with van der Waals surface area (Å²) in [5, 5.41) is 13.3. The topological polar surface area (TPSA) is 163 Å². The average Bonchev–Trinajstić information content (AvgIpc) is 3.65.